The van der Waals surface area contributed by atoms with Gasteiger partial charge in [0.15, 0.2) is 5.78 Å². The minimum absolute atomic E-state index is 0.113. The standard InChI is InChI=1S/C27H28N2O/c1-18(30)19-11-13-20(14-12-19)26-25-24(21-8-2-3-10-23(21)28-26)22-9-4-5-15-27(22,25)29-16-6-7-17-29/h2-3,8,10-14,22H,4-7,9,15-17H2,1H3/t22-,27+/m0/s1. The predicted octanol–water partition coefficient (Wildman–Crippen LogP) is 6.07. The Labute approximate surface area is 178 Å². The van der Waals surface area contributed by atoms with Crippen molar-refractivity contribution in [1.29, 1.82) is 0 Å². The minimum atomic E-state index is 0.113. The molecule has 2 heterocycles. The maximum atomic E-state index is 11.8. The molecule has 1 saturated carbocycles. The number of aromatic nitrogens is 1. The minimum Gasteiger partial charge on any atom is -0.295 e. The summed E-state index contributed by atoms with van der Waals surface area (Å²) in [6.07, 6.45) is 7.81. The predicted molar refractivity (Wildman–Crippen MR) is 121 cm³/mol. The van der Waals surface area contributed by atoms with E-state index in [4.69, 9.17) is 4.98 Å². The molecule has 0 N–H and O–H groups in total. The molecule has 0 unspecified atom stereocenters. The SMILES string of the molecule is CC(=O)c1ccc(-c2nc3ccccc3c3c2[C@@]2(N4CCCC4)CCCC[C@@H]32)cc1. The normalized spacial score (nSPS) is 25.6. The molecular weight excluding hydrogens is 368 g/mol. The van der Waals surface area contributed by atoms with E-state index in [1.165, 1.54) is 62.6 Å². The molecule has 2 atom stereocenters. The van der Waals surface area contributed by atoms with Crippen LogP contribution in [0.5, 0.6) is 0 Å². The molecule has 0 bridgehead atoms. The molecule has 2 fully saturated rings. The van der Waals surface area contributed by atoms with Crippen LogP contribution in [-0.4, -0.2) is 28.8 Å². The van der Waals surface area contributed by atoms with E-state index in [1.54, 1.807) is 12.5 Å². The number of hydrogen-bond acceptors (Lipinski definition) is 3. The highest BCUT2D eigenvalue weighted by Crippen LogP contribution is 2.64. The van der Waals surface area contributed by atoms with E-state index in [1.807, 2.05) is 12.1 Å². The maximum Gasteiger partial charge on any atom is 0.159 e. The lowest BCUT2D eigenvalue weighted by Gasteiger charge is -2.59. The third-order valence-electron chi connectivity index (χ3n) is 7.83. The van der Waals surface area contributed by atoms with Crippen LogP contribution in [0.1, 0.15) is 72.9 Å². The third kappa shape index (κ3) is 2.42. The van der Waals surface area contributed by atoms with Gasteiger partial charge < -0.3 is 0 Å². The summed E-state index contributed by atoms with van der Waals surface area (Å²) in [7, 11) is 0. The highest BCUT2D eigenvalue weighted by atomic mass is 16.1. The molecular formula is C27H28N2O. The molecule has 6 rings (SSSR count). The van der Waals surface area contributed by atoms with E-state index >= 15 is 0 Å². The molecule has 1 saturated heterocycles. The summed E-state index contributed by atoms with van der Waals surface area (Å²) in [4.78, 5) is 19.8. The quantitative estimate of drug-likeness (QED) is 0.504. The van der Waals surface area contributed by atoms with Crippen LogP contribution in [0.4, 0.5) is 0 Å². The molecule has 152 valence electrons. The Kier molecular flexibility index (Phi) is 4.11. The summed E-state index contributed by atoms with van der Waals surface area (Å²) in [5.41, 5.74) is 7.36. The number of para-hydroxylation sites is 1. The highest BCUT2D eigenvalue weighted by molar-refractivity contribution is 5.95. The van der Waals surface area contributed by atoms with Crippen molar-refractivity contribution in [3.05, 3.63) is 65.2 Å². The molecule has 1 aliphatic heterocycles. The summed E-state index contributed by atoms with van der Waals surface area (Å²) < 4.78 is 0. The van der Waals surface area contributed by atoms with Crippen molar-refractivity contribution >= 4 is 16.7 Å². The molecule has 0 radical (unpaired) electrons. The van der Waals surface area contributed by atoms with Gasteiger partial charge >= 0.3 is 0 Å². The summed E-state index contributed by atoms with van der Waals surface area (Å²) in [5, 5.41) is 1.35. The lowest BCUT2D eigenvalue weighted by molar-refractivity contribution is 0.0201. The average Bonchev–Trinajstić information content (AvgIpc) is 3.31. The van der Waals surface area contributed by atoms with Gasteiger partial charge in [-0.05, 0) is 57.3 Å². The first-order valence-electron chi connectivity index (χ1n) is 11.5. The monoisotopic (exact) mass is 396 g/mol. The largest absolute Gasteiger partial charge is 0.295 e. The second-order valence-electron chi connectivity index (χ2n) is 9.32. The van der Waals surface area contributed by atoms with Gasteiger partial charge in [-0.15, -0.1) is 0 Å². The number of benzene rings is 2. The van der Waals surface area contributed by atoms with Crippen LogP contribution in [0.3, 0.4) is 0 Å². The Morgan fingerprint density at radius 2 is 1.77 bits per heavy atom. The number of hydrogen-bond donors (Lipinski definition) is 0. The fourth-order valence-electron chi connectivity index (χ4n) is 6.52. The van der Waals surface area contributed by atoms with Crippen LogP contribution in [0.15, 0.2) is 48.5 Å². The lowest BCUT2D eigenvalue weighted by Crippen LogP contribution is -2.57. The molecule has 0 amide bonds. The fraction of sp³-hybridized carbons (Fsp3) is 0.407. The van der Waals surface area contributed by atoms with E-state index in [2.05, 4.69) is 41.3 Å². The summed E-state index contributed by atoms with van der Waals surface area (Å²) >= 11 is 0. The highest BCUT2D eigenvalue weighted by Gasteiger charge is 2.58. The number of rotatable bonds is 3. The molecule has 1 aromatic heterocycles. The van der Waals surface area contributed by atoms with E-state index in [0.29, 0.717) is 5.92 Å². The van der Waals surface area contributed by atoms with Crippen molar-refractivity contribution in [3.8, 4) is 11.3 Å². The zero-order valence-corrected chi connectivity index (χ0v) is 17.7. The van der Waals surface area contributed by atoms with Crippen LogP contribution in [0.25, 0.3) is 22.2 Å². The number of fused-ring (bicyclic) bond motifs is 6. The van der Waals surface area contributed by atoms with Crippen molar-refractivity contribution in [2.24, 2.45) is 0 Å². The van der Waals surface area contributed by atoms with Gasteiger partial charge in [0.2, 0.25) is 0 Å². The van der Waals surface area contributed by atoms with E-state index in [0.717, 1.165) is 22.3 Å². The molecule has 2 aliphatic carbocycles. The number of carbonyl (C=O) groups is 1. The summed E-state index contributed by atoms with van der Waals surface area (Å²) in [6.45, 7) is 4.06. The number of likely N-dealkylation sites (tertiary alicyclic amines) is 1. The van der Waals surface area contributed by atoms with Gasteiger partial charge in [-0.3, -0.25) is 9.69 Å². The summed E-state index contributed by atoms with van der Waals surface area (Å²) in [5.74, 6) is 0.740. The second kappa shape index (κ2) is 6.75. The van der Waals surface area contributed by atoms with E-state index < -0.39 is 0 Å². The van der Waals surface area contributed by atoms with Gasteiger partial charge in [-0.25, -0.2) is 4.98 Å². The van der Waals surface area contributed by atoms with Crippen molar-refractivity contribution in [3.63, 3.8) is 0 Å². The zero-order valence-electron chi connectivity index (χ0n) is 17.7. The van der Waals surface area contributed by atoms with Gasteiger partial charge in [-0.2, -0.15) is 0 Å². The van der Waals surface area contributed by atoms with Crippen LogP contribution < -0.4 is 0 Å². The van der Waals surface area contributed by atoms with E-state index in [9.17, 15) is 4.79 Å². The molecule has 3 heteroatoms. The van der Waals surface area contributed by atoms with Crippen molar-refractivity contribution < 1.29 is 4.79 Å². The van der Waals surface area contributed by atoms with Gasteiger partial charge in [0.1, 0.15) is 0 Å². The molecule has 3 aromatic rings. The van der Waals surface area contributed by atoms with Crippen molar-refractivity contribution in [2.45, 2.75) is 56.9 Å². The first-order valence-corrected chi connectivity index (χ1v) is 11.5. The van der Waals surface area contributed by atoms with Crippen LogP contribution >= 0.6 is 0 Å². The topological polar surface area (TPSA) is 33.2 Å². The smallest absolute Gasteiger partial charge is 0.159 e. The Morgan fingerprint density at radius 3 is 2.53 bits per heavy atom. The van der Waals surface area contributed by atoms with Crippen molar-refractivity contribution in [2.75, 3.05) is 13.1 Å². The Hall–Kier alpha value is -2.52. The third-order valence-corrected chi connectivity index (χ3v) is 7.83. The first-order chi connectivity index (χ1) is 14.7. The molecule has 3 nitrogen and oxygen atoms in total. The average molecular weight is 397 g/mol. The van der Waals surface area contributed by atoms with Crippen LogP contribution in [0.2, 0.25) is 0 Å². The molecule has 3 aliphatic rings. The second-order valence-corrected chi connectivity index (χ2v) is 9.32. The number of nitrogens with zero attached hydrogens (tertiary/aromatic N) is 2. The molecule has 2 aromatic carbocycles. The molecule has 0 spiro atoms. The van der Waals surface area contributed by atoms with Gasteiger partial charge in [0.05, 0.1) is 16.7 Å². The van der Waals surface area contributed by atoms with E-state index in [-0.39, 0.29) is 11.3 Å². The Bertz CT molecular complexity index is 1140. The number of pyridine rings is 1. The Morgan fingerprint density at radius 1 is 1.00 bits per heavy atom. The lowest BCUT2D eigenvalue weighted by atomic mass is 9.53. The zero-order chi connectivity index (χ0) is 20.3. The van der Waals surface area contributed by atoms with Crippen LogP contribution in [-0.2, 0) is 5.54 Å². The first kappa shape index (κ1) is 18.3. The molecule has 30 heavy (non-hydrogen) atoms. The maximum absolute atomic E-state index is 11.8. The fourth-order valence-corrected chi connectivity index (χ4v) is 6.52. The van der Waals surface area contributed by atoms with Gasteiger partial charge in [-0.1, -0.05) is 55.3 Å². The number of Topliss-reactive ketones (excluding diaryl/α,β-unsaturated/α-hetero) is 1. The van der Waals surface area contributed by atoms with Gasteiger partial charge in [0.25, 0.3) is 0 Å². The Balaban J connectivity index is 1.62. The number of ketones is 1. The number of carbonyl (C=O) groups excluding carboxylic acids is 1. The van der Waals surface area contributed by atoms with Gasteiger partial charge in [0, 0.05) is 28.0 Å². The van der Waals surface area contributed by atoms with Crippen LogP contribution in [0, 0.1) is 0 Å². The summed E-state index contributed by atoms with van der Waals surface area (Å²) in [6, 6.07) is 16.8. The van der Waals surface area contributed by atoms with Crippen molar-refractivity contribution in [1.82, 2.24) is 9.88 Å².